The van der Waals surface area contributed by atoms with Gasteiger partial charge in [-0.05, 0) is 43.5 Å². The summed E-state index contributed by atoms with van der Waals surface area (Å²) in [4.78, 5) is 11.4. The summed E-state index contributed by atoms with van der Waals surface area (Å²) in [5.41, 5.74) is 3.16. The highest BCUT2D eigenvalue weighted by Crippen LogP contribution is 2.13. The first-order valence-electron chi connectivity index (χ1n) is 5.44. The van der Waals surface area contributed by atoms with Crippen LogP contribution in [-0.2, 0) is 9.53 Å². The second-order valence-corrected chi connectivity index (χ2v) is 3.73. The molecular weight excluding hydrogens is 214 g/mol. The Morgan fingerprint density at radius 1 is 1.41 bits per heavy atom. The van der Waals surface area contributed by atoms with Crippen LogP contribution in [0.4, 0.5) is 0 Å². The lowest BCUT2D eigenvalue weighted by Gasteiger charge is -2.02. The van der Waals surface area contributed by atoms with Gasteiger partial charge in [0, 0.05) is 0 Å². The maximum atomic E-state index is 11.4. The molecule has 0 fully saturated rings. The summed E-state index contributed by atoms with van der Waals surface area (Å²) >= 11 is 0. The number of hydrogen-bond acceptors (Lipinski definition) is 3. The van der Waals surface area contributed by atoms with Crippen molar-refractivity contribution in [3.05, 3.63) is 40.5 Å². The van der Waals surface area contributed by atoms with Gasteiger partial charge in [-0.25, -0.2) is 4.79 Å². The smallest absolute Gasteiger partial charge is 0.348 e. The number of carbonyl (C=O) groups excluding carboxylic acids is 1. The van der Waals surface area contributed by atoms with E-state index in [-0.39, 0.29) is 12.2 Å². The van der Waals surface area contributed by atoms with E-state index in [9.17, 15) is 4.79 Å². The molecule has 1 rings (SSSR count). The van der Waals surface area contributed by atoms with E-state index in [4.69, 9.17) is 10.00 Å². The van der Waals surface area contributed by atoms with E-state index in [0.29, 0.717) is 0 Å². The van der Waals surface area contributed by atoms with E-state index < -0.39 is 5.97 Å². The number of esters is 1. The summed E-state index contributed by atoms with van der Waals surface area (Å²) in [6, 6.07) is 7.63. The lowest BCUT2D eigenvalue weighted by Crippen LogP contribution is -2.06. The van der Waals surface area contributed by atoms with Gasteiger partial charge in [0.1, 0.15) is 11.6 Å². The molecule has 0 N–H and O–H groups in total. The van der Waals surface area contributed by atoms with Crippen molar-refractivity contribution < 1.29 is 9.53 Å². The number of ether oxygens (including phenoxy) is 1. The van der Waals surface area contributed by atoms with Crippen LogP contribution in [0.2, 0.25) is 0 Å². The largest absolute Gasteiger partial charge is 0.462 e. The van der Waals surface area contributed by atoms with Crippen LogP contribution < -0.4 is 0 Å². The van der Waals surface area contributed by atoms with Crippen LogP contribution in [0.25, 0.3) is 6.08 Å². The Morgan fingerprint density at radius 3 is 2.65 bits per heavy atom. The fraction of sp³-hybridized carbons (Fsp3) is 0.286. The van der Waals surface area contributed by atoms with Crippen LogP contribution in [0.3, 0.4) is 0 Å². The van der Waals surface area contributed by atoms with E-state index in [0.717, 1.165) is 11.1 Å². The molecule has 0 saturated carbocycles. The maximum absolute atomic E-state index is 11.4. The van der Waals surface area contributed by atoms with Gasteiger partial charge in [0.15, 0.2) is 0 Å². The van der Waals surface area contributed by atoms with Crippen molar-refractivity contribution >= 4 is 12.0 Å². The molecule has 88 valence electrons. The van der Waals surface area contributed by atoms with Crippen molar-refractivity contribution in [2.75, 3.05) is 6.61 Å². The third-order valence-corrected chi connectivity index (χ3v) is 2.46. The molecule has 0 saturated heterocycles. The van der Waals surface area contributed by atoms with E-state index >= 15 is 0 Å². The first kappa shape index (κ1) is 13.0. The Bertz CT molecular complexity index is 495. The molecule has 1 aromatic carbocycles. The van der Waals surface area contributed by atoms with Gasteiger partial charge in [0.25, 0.3) is 0 Å². The summed E-state index contributed by atoms with van der Waals surface area (Å²) in [7, 11) is 0. The zero-order valence-electron chi connectivity index (χ0n) is 10.3. The Balaban J connectivity index is 3.03. The average molecular weight is 229 g/mol. The van der Waals surface area contributed by atoms with Crippen LogP contribution >= 0.6 is 0 Å². The van der Waals surface area contributed by atoms with Gasteiger partial charge in [-0.15, -0.1) is 0 Å². The standard InChI is InChI=1S/C14H15NO2/c1-4-17-14(16)13(9-15)8-12-6-5-10(2)11(3)7-12/h5-8H,4H2,1-3H3. The van der Waals surface area contributed by atoms with E-state index in [1.807, 2.05) is 38.1 Å². The lowest BCUT2D eigenvalue weighted by atomic mass is 10.0. The normalized spacial score (nSPS) is 10.8. The van der Waals surface area contributed by atoms with E-state index in [2.05, 4.69) is 0 Å². The molecule has 3 heteroatoms. The van der Waals surface area contributed by atoms with Gasteiger partial charge in [-0.1, -0.05) is 18.2 Å². The quantitative estimate of drug-likeness (QED) is 0.455. The summed E-state index contributed by atoms with van der Waals surface area (Å²) in [6.07, 6.45) is 1.55. The number of nitriles is 1. The van der Waals surface area contributed by atoms with Gasteiger partial charge in [0.2, 0.25) is 0 Å². The Morgan fingerprint density at radius 2 is 2.12 bits per heavy atom. The van der Waals surface area contributed by atoms with Crippen LogP contribution in [0.1, 0.15) is 23.6 Å². The third kappa shape index (κ3) is 3.46. The number of nitrogens with zero attached hydrogens (tertiary/aromatic N) is 1. The average Bonchev–Trinajstić information content (AvgIpc) is 2.30. The molecule has 0 bridgehead atoms. The minimum atomic E-state index is -0.576. The molecule has 0 unspecified atom stereocenters. The van der Waals surface area contributed by atoms with E-state index in [1.54, 1.807) is 13.0 Å². The van der Waals surface area contributed by atoms with Crippen molar-refractivity contribution in [3.63, 3.8) is 0 Å². The van der Waals surface area contributed by atoms with Crippen LogP contribution in [0, 0.1) is 25.2 Å². The van der Waals surface area contributed by atoms with Crippen molar-refractivity contribution in [2.24, 2.45) is 0 Å². The second-order valence-electron chi connectivity index (χ2n) is 3.73. The zero-order valence-corrected chi connectivity index (χ0v) is 10.3. The number of rotatable bonds is 3. The highest BCUT2D eigenvalue weighted by atomic mass is 16.5. The van der Waals surface area contributed by atoms with Gasteiger partial charge in [-0.2, -0.15) is 5.26 Å². The van der Waals surface area contributed by atoms with Crippen molar-refractivity contribution in [3.8, 4) is 6.07 Å². The molecule has 0 aliphatic carbocycles. The molecule has 0 heterocycles. The van der Waals surface area contributed by atoms with Gasteiger partial charge >= 0.3 is 5.97 Å². The zero-order chi connectivity index (χ0) is 12.8. The first-order valence-corrected chi connectivity index (χ1v) is 5.44. The number of carbonyl (C=O) groups is 1. The third-order valence-electron chi connectivity index (χ3n) is 2.46. The molecular formula is C14H15NO2. The molecule has 1 aromatic rings. The topological polar surface area (TPSA) is 50.1 Å². The van der Waals surface area contributed by atoms with Crippen LogP contribution in [-0.4, -0.2) is 12.6 Å². The predicted molar refractivity (Wildman–Crippen MR) is 66.1 cm³/mol. The molecule has 0 amide bonds. The number of benzene rings is 1. The minimum absolute atomic E-state index is 0.0232. The highest BCUT2D eigenvalue weighted by Gasteiger charge is 2.09. The molecule has 0 aromatic heterocycles. The molecule has 0 aliphatic heterocycles. The Hall–Kier alpha value is -2.08. The fourth-order valence-electron chi connectivity index (χ4n) is 1.37. The van der Waals surface area contributed by atoms with Crippen LogP contribution in [0.15, 0.2) is 23.8 Å². The summed E-state index contributed by atoms with van der Waals surface area (Å²) < 4.78 is 4.79. The second kappa shape index (κ2) is 5.86. The number of aryl methyl sites for hydroxylation is 2. The lowest BCUT2D eigenvalue weighted by molar-refractivity contribution is -0.137. The van der Waals surface area contributed by atoms with E-state index in [1.165, 1.54) is 5.56 Å². The molecule has 0 radical (unpaired) electrons. The SMILES string of the molecule is CCOC(=O)C(C#N)=Cc1ccc(C)c(C)c1. The van der Waals surface area contributed by atoms with Crippen molar-refractivity contribution in [1.82, 2.24) is 0 Å². The maximum Gasteiger partial charge on any atom is 0.348 e. The molecule has 0 atom stereocenters. The number of hydrogen-bond donors (Lipinski definition) is 0. The summed E-state index contributed by atoms with van der Waals surface area (Å²) in [6.45, 7) is 5.98. The van der Waals surface area contributed by atoms with Gasteiger partial charge in [0.05, 0.1) is 6.61 Å². The molecule has 17 heavy (non-hydrogen) atoms. The monoisotopic (exact) mass is 229 g/mol. The first-order chi connectivity index (χ1) is 8.08. The van der Waals surface area contributed by atoms with Crippen molar-refractivity contribution in [2.45, 2.75) is 20.8 Å². The summed E-state index contributed by atoms with van der Waals surface area (Å²) in [5.74, 6) is -0.576. The Kier molecular flexibility index (Phi) is 4.47. The molecule has 0 spiro atoms. The van der Waals surface area contributed by atoms with Crippen LogP contribution in [0.5, 0.6) is 0 Å². The minimum Gasteiger partial charge on any atom is -0.462 e. The summed E-state index contributed by atoms with van der Waals surface area (Å²) in [5, 5.41) is 8.89. The predicted octanol–water partition coefficient (Wildman–Crippen LogP) is 2.77. The molecule has 0 aliphatic rings. The highest BCUT2D eigenvalue weighted by molar-refractivity contribution is 5.97. The molecule has 3 nitrogen and oxygen atoms in total. The van der Waals surface area contributed by atoms with Crippen molar-refractivity contribution in [1.29, 1.82) is 5.26 Å². The van der Waals surface area contributed by atoms with Gasteiger partial charge < -0.3 is 4.74 Å². The van der Waals surface area contributed by atoms with Gasteiger partial charge in [-0.3, -0.25) is 0 Å². The fourth-order valence-corrected chi connectivity index (χ4v) is 1.37. The Labute approximate surface area is 101 Å².